The minimum absolute atomic E-state index is 0.0995. The van der Waals surface area contributed by atoms with Crippen LogP contribution < -0.4 is 0 Å². The number of ether oxygens (including phenoxy) is 1. The lowest BCUT2D eigenvalue weighted by molar-refractivity contribution is -0.129. The van der Waals surface area contributed by atoms with Crippen molar-refractivity contribution < 1.29 is 13.9 Å². The Labute approximate surface area is 147 Å². The summed E-state index contributed by atoms with van der Waals surface area (Å²) in [5.41, 5.74) is 1.33. The first-order valence-corrected chi connectivity index (χ1v) is 7.68. The molecular formula is C18H10Cl2FNO2. The van der Waals surface area contributed by atoms with Crippen LogP contribution in [0.25, 0.3) is 12.2 Å². The zero-order valence-electron chi connectivity index (χ0n) is 12.2. The molecule has 0 fully saturated rings. The summed E-state index contributed by atoms with van der Waals surface area (Å²) in [5.74, 6) is -0.855. The molecule has 0 saturated carbocycles. The van der Waals surface area contributed by atoms with Crippen LogP contribution >= 0.6 is 23.2 Å². The molecule has 24 heavy (non-hydrogen) atoms. The molecule has 0 unspecified atom stereocenters. The van der Waals surface area contributed by atoms with E-state index in [1.54, 1.807) is 36.4 Å². The number of carbonyl (C=O) groups excluding carboxylic acids is 1. The van der Waals surface area contributed by atoms with E-state index in [0.29, 0.717) is 21.2 Å². The zero-order chi connectivity index (χ0) is 17.1. The van der Waals surface area contributed by atoms with E-state index >= 15 is 0 Å². The molecular weight excluding hydrogens is 352 g/mol. The van der Waals surface area contributed by atoms with Crippen molar-refractivity contribution in [2.75, 3.05) is 0 Å². The third-order valence-corrected chi connectivity index (χ3v) is 3.72. The van der Waals surface area contributed by atoms with Crippen LogP contribution in [0, 0.1) is 5.82 Å². The van der Waals surface area contributed by atoms with E-state index in [0.717, 1.165) is 0 Å². The van der Waals surface area contributed by atoms with E-state index in [4.69, 9.17) is 27.9 Å². The summed E-state index contributed by atoms with van der Waals surface area (Å²) < 4.78 is 18.2. The topological polar surface area (TPSA) is 38.7 Å². The predicted octanol–water partition coefficient (Wildman–Crippen LogP) is 5.14. The fourth-order valence-electron chi connectivity index (χ4n) is 2.05. The second kappa shape index (κ2) is 6.99. The summed E-state index contributed by atoms with van der Waals surface area (Å²) in [5, 5.41) is 1.00. The summed E-state index contributed by atoms with van der Waals surface area (Å²) >= 11 is 11.9. The van der Waals surface area contributed by atoms with Crippen molar-refractivity contribution in [1.29, 1.82) is 0 Å². The maximum atomic E-state index is 13.2. The van der Waals surface area contributed by atoms with Gasteiger partial charge in [0.15, 0.2) is 5.70 Å². The van der Waals surface area contributed by atoms with Crippen molar-refractivity contribution in [3.8, 4) is 0 Å². The van der Waals surface area contributed by atoms with E-state index in [9.17, 15) is 9.18 Å². The van der Waals surface area contributed by atoms with Gasteiger partial charge in [-0.2, -0.15) is 0 Å². The maximum absolute atomic E-state index is 13.2. The summed E-state index contributed by atoms with van der Waals surface area (Å²) in [7, 11) is 0. The van der Waals surface area contributed by atoms with Crippen LogP contribution in [-0.4, -0.2) is 11.9 Å². The molecule has 120 valence electrons. The quantitative estimate of drug-likeness (QED) is 0.560. The van der Waals surface area contributed by atoms with Crippen LogP contribution in [0.1, 0.15) is 11.1 Å². The summed E-state index contributed by atoms with van der Waals surface area (Å²) in [4.78, 5) is 15.9. The Bertz CT molecular complexity index is 904. The van der Waals surface area contributed by atoms with Crippen LogP contribution in [0.2, 0.25) is 10.0 Å². The van der Waals surface area contributed by atoms with Crippen LogP contribution in [-0.2, 0) is 9.53 Å². The van der Waals surface area contributed by atoms with Crippen LogP contribution in [0.4, 0.5) is 4.39 Å². The van der Waals surface area contributed by atoms with E-state index in [1.807, 2.05) is 0 Å². The molecule has 2 aromatic rings. The third kappa shape index (κ3) is 3.91. The van der Waals surface area contributed by atoms with Crippen LogP contribution in [0.5, 0.6) is 0 Å². The van der Waals surface area contributed by atoms with Gasteiger partial charge in [-0.05, 0) is 47.5 Å². The van der Waals surface area contributed by atoms with Gasteiger partial charge >= 0.3 is 5.97 Å². The summed E-state index contributed by atoms with van der Waals surface area (Å²) in [6.07, 6.45) is 4.65. The number of benzene rings is 2. The van der Waals surface area contributed by atoms with Gasteiger partial charge in [0, 0.05) is 16.1 Å². The Morgan fingerprint density at radius 2 is 1.92 bits per heavy atom. The van der Waals surface area contributed by atoms with Gasteiger partial charge in [-0.25, -0.2) is 14.2 Å². The fraction of sp³-hybridized carbons (Fsp3) is 0. The van der Waals surface area contributed by atoms with Crippen molar-refractivity contribution in [3.63, 3.8) is 0 Å². The Balaban J connectivity index is 1.82. The maximum Gasteiger partial charge on any atom is 0.363 e. The normalized spacial score (nSPS) is 15.9. The molecule has 6 heteroatoms. The highest BCUT2D eigenvalue weighted by atomic mass is 35.5. The molecule has 0 radical (unpaired) electrons. The van der Waals surface area contributed by atoms with E-state index < -0.39 is 11.8 Å². The largest absolute Gasteiger partial charge is 0.403 e. The summed E-state index contributed by atoms with van der Waals surface area (Å²) in [6, 6.07) is 10.9. The average molecular weight is 362 g/mol. The van der Waals surface area contributed by atoms with Gasteiger partial charge in [0.1, 0.15) is 5.82 Å². The molecule has 0 spiro atoms. The van der Waals surface area contributed by atoms with Crippen molar-refractivity contribution in [2.45, 2.75) is 0 Å². The minimum Gasteiger partial charge on any atom is -0.403 e. The molecule has 1 aliphatic heterocycles. The lowest BCUT2D eigenvalue weighted by Gasteiger charge is -1.98. The average Bonchev–Trinajstić information content (AvgIpc) is 2.86. The van der Waals surface area contributed by atoms with Crippen molar-refractivity contribution in [1.82, 2.24) is 0 Å². The number of cyclic esters (lactones) is 1. The molecule has 3 nitrogen and oxygen atoms in total. The lowest BCUT2D eigenvalue weighted by Crippen LogP contribution is -2.01. The number of esters is 1. The summed E-state index contributed by atoms with van der Waals surface area (Å²) in [6.45, 7) is 0. The molecule has 0 amide bonds. The van der Waals surface area contributed by atoms with E-state index in [-0.39, 0.29) is 11.6 Å². The van der Waals surface area contributed by atoms with Gasteiger partial charge in [-0.15, -0.1) is 0 Å². The Morgan fingerprint density at radius 1 is 1.08 bits per heavy atom. The number of hydrogen-bond acceptors (Lipinski definition) is 3. The predicted molar refractivity (Wildman–Crippen MR) is 93.4 cm³/mol. The molecule has 0 atom stereocenters. The number of rotatable bonds is 3. The highest BCUT2D eigenvalue weighted by Gasteiger charge is 2.21. The first-order valence-electron chi connectivity index (χ1n) is 6.92. The SMILES string of the molecule is O=C1OC(/C=C/c2ccc(Cl)cc2Cl)=NC/1=C\c1cccc(F)c1. The van der Waals surface area contributed by atoms with Crippen molar-refractivity contribution >= 4 is 47.2 Å². The molecule has 1 aliphatic rings. The number of nitrogens with zero attached hydrogens (tertiary/aromatic N) is 1. The van der Waals surface area contributed by atoms with Gasteiger partial charge in [-0.3, -0.25) is 0 Å². The Hall–Kier alpha value is -2.43. The minimum atomic E-state index is -0.596. The molecule has 0 bridgehead atoms. The van der Waals surface area contributed by atoms with Gasteiger partial charge < -0.3 is 4.74 Å². The first-order chi connectivity index (χ1) is 11.5. The Morgan fingerprint density at radius 3 is 2.67 bits per heavy atom. The zero-order valence-corrected chi connectivity index (χ0v) is 13.7. The lowest BCUT2D eigenvalue weighted by atomic mass is 10.2. The highest BCUT2D eigenvalue weighted by Crippen LogP contribution is 2.23. The van der Waals surface area contributed by atoms with Crippen LogP contribution in [0.3, 0.4) is 0 Å². The highest BCUT2D eigenvalue weighted by molar-refractivity contribution is 6.35. The van der Waals surface area contributed by atoms with Crippen molar-refractivity contribution in [3.05, 3.63) is 81.2 Å². The number of aliphatic imine (C=N–C) groups is 1. The van der Waals surface area contributed by atoms with Gasteiger partial charge in [0.25, 0.3) is 0 Å². The van der Waals surface area contributed by atoms with Gasteiger partial charge in [-0.1, -0.05) is 41.4 Å². The fourth-order valence-corrected chi connectivity index (χ4v) is 2.52. The molecule has 3 rings (SSSR count). The standard InChI is InChI=1S/C18H10Cl2FNO2/c19-13-6-4-12(15(20)10-13)5-7-17-22-16(18(23)24-17)9-11-2-1-3-14(21)8-11/h1-10H/b7-5+,16-9-. The molecule has 0 aromatic heterocycles. The first kappa shape index (κ1) is 16.4. The molecule has 1 heterocycles. The second-order valence-corrected chi connectivity index (χ2v) is 5.77. The number of hydrogen-bond donors (Lipinski definition) is 0. The second-order valence-electron chi connectivity index (χ2n) is 4.92. The molecule has 2 aromatic carbocycles. The number of carbonyl (C=O) groups is 1. The van der Waals surface area contributed by atoms with Crippen LogP contribution in [0.15, 0.2) is 59.2 Å². The Kier molecular flexibility index (Phi) is 4.79. The van der Waals surface area contributed by atoms with E-state index in [1.165, 1.54) is 24.3 Å². The monoisotopic (exact) mass is 361 g/mol. The van der Waals surface area contributed by atoms with E-state index in [2.05, 4.69) is 4.99 Å². The van der Waals surface area contributed by atoms with Gasteiger partial charge in [0.05, 0.1) is 0 Å². The molecule has 0 aliphatic carbocycles. The molecule has 0 N–H and O–H groups in total. The number of halogens is 3. The smallest absolute Gasteiger partial charge is 0.363 e. The van der Waals surface area contributed by atoms with Crippen molar-refractivity contribution in [2.24, 2.45) is 4.99 Å². The third-order valence-electron chi connectivity index (χ3n) is 3.16. The van der Waals surface area contributed by atoms with Gasteiger partial charge in [0.2, 0.25) is 5.90 Å². The molecule has 0 saturated heterocycles.